The van der Waals surface area contributed by atoms with Gasteiger partial charge < -0.3 is 14.7 Å². The van der Waals surface area contributed by atoms with E-state index in [-0.39, 0.29) is 11.9 Å². The highest BCUT2D eigenvalue weighted by Gasteiger charge is 2.25. The standard InChI is InChI=1S/C20H18ClFN4OS/c1-12-14(4-2-5-16(12)22)20-15(21)8-9-17(23-20)25-28-19-7-3-6-18(24-19)26-10-13(27)11-26/h2-9,13,27H,10-11H2,1H3,(H,23,25). The molecule has 0 amide bonds. The molecule has 1 aromatic carbocycles. The monoisotopic (exact) mass is 416 g/mol. The van der Waals surface area contributed by atoms with Crippen LogP contribution < -0.4 is 9.62 Å². The number of nitrogens with zero attached hydrogens (tertiary/aromatic N) is 3. The molecule has 0 bridgehead atoms. The fourth-order valence-corrected chi connectivity index (χ4v) is 3.75. The first kappa shape index (κ1) is 19.0. The van der Waals surface area contributed by atoms with E-state index < -0.39 is 0 Å². The Labute approximate surface area is 171 Å². The molecule has 3 heterocycles. The second-order valence-electron chi connectivity index (χ2n) is 6.54. The van der Waals surface area contributed by atoms with E-state index >= 15 is 0 Å². The van der Waals surface area contributed by atoms with Gasteiger partial charge >= 0.3 is 0 Å². The first-order valence-corrected chi connectivity index (χ1v) is 9.95. The summed E-state index contributed by atoms with van der Waals surface area (Å²) in [6.07, 6.45) is -0.279. The van der Waals surface area contributed by atoms with Crippen molar-refractivity contribution in [3.8, 4) is 11.3 Å². The molecular formula is C20H18ClFN4OS. The van der Waals surface area contributed by atoms with Gasteiger partial charge in [-0.15, -0.1) is 0 Å². The number of aliphatic hydroxyl groups excluding tert-OH is 1. The van der Waals surface area contributed by atoms with Gasteiger partial charge in [0.2, 0.25) is 0 Å². The largest absolute Gasteiger partial charge is 0.389 e. The van der Waals surface area contributed by atoms with Crippen LogP contribution in [-0.2, 0) is 0 Å². The molecule has 1 fully saturated rings. The summed E-state index contributed by atoms with van der Waals surface area (Å²) in [6.45, 7) is 2.91. The van der Waals surface area contributed by atoms with Crippen molar-refractivity contribution < 1.29 is 9.50 Å². The topological polar surface area (TPSA) is 61.3 Å². The van der Waals surface area contributed by atoms with Crippen LogP contribution in [0.3, 0.4) is 0 Å². The first-order chi connectivity index (χ1) is 13.5. The van der Waals surface area contributed by atoms with Gasteiger partial charge in [0.05, 0.1) is 16.8 Å². The number of aromatic nitrogens is 2. The molecule has 0 radical (unpaired) electrons. The minimum absolute atomic E-state index is 0.279. The third-order valence-electron chi connectivity index (χ3n) is 4.52. The van der Waals surface area contributed by atoms with Crippen molar-refractivity contribution in [2.75, 3.05) is 22.7 Å². The maximum absolute atomic E-state index is 13.9. The molecular weight excluding hydrogens is 399 g/mol. The Balaban J connectivity index is 1.52. The summed E-state index contributed by atoms with van der Waals surface area (Å²) in [5, 5.41) is 10.7. The second kappa shape index (κ2) is 7.95. The summed E-state index contributed by atoms with van der Waals surface area (Å²) in [5.74, 6) is 1.14. The Hall–Kier alpha value is -2.35. The van der Waals surface area contributed by atoms with Gasteiger partial charge in [-0.1, -0.05) is 29.8 Å². The van der Waals surface area contributed by atoms with Crippen LogP contribution in [0.25, 0.3) is 11.3 Å². The minimum Gasteiger partial charge on any atom is -0.389 e. The number of hydrogen-bond donors (Lipinski definition) is 2. The number of hydrogen-bond acceptors (Lipinski definition) is 6. The number of benzene rings is 1. The van der Waals surface area contributed by atoms with Crippen molar-refractivity contribution in [3.63, 3.8) is 0 Å². The molecule has 3 aromatic rings. The van der Waals surface area contributed by atoms with Gasteiger partial charge in [-0.2, -0.15) is 0 Å². The Morgan fingerprint density at radius 2 is 1.93 bits per heavy atom. The number of aliphatic hydroxyl groups is 1. The van der Waals surface area contributed by atoms with Crippen LogP contribution in [0.5, 0.6) is 0 Å². The van der Waals surface area contributed by atoms with Gasteiger partial charge in [0.15, 0.2) is 0 Å². The van der Waals surface area contributed by atoms with Crippen molar-refractivity contribution in [2.45, 2.75) is 18.1 Å². The SMILES string of the molecule is Cc1c(F)cccc1-c1nc(NSc2cccc(N3CC(O)C3)n2)ccc1Cl. The molecule has 1 saturated heterocycles. The van der Waals surface area contributed by atoms with E-state index in [2.05, 4.69) is 14.7 Å². The molecule has 0 atom stereocenters. The smallest absolute Gasteiger partial charge is 0.136 e. The van der Waals surface area contributed by atoms with Crippen LogP contribution in [0, 0.1) is 12.7 Å². The lowest BCUT2D eigenvalue weighted by atomic mass is 10.0. The van der Waals surface area contributed by atoms with Gasteiger partial charge in [0, 0.05) is 30.6 Å². The maximum atomic E-state index is 13.9. The molecule has 2 N–H and O–H groups in total. The first-order valence-electron chi connectivity index (χ1n) is 8.76. The summed E-state index contributed by atoms with van der Waals surface area (Å²) in [5.41, 5.74) is 1.70. The van der Waals surface area contributed by atoms with E-state index in [9.17, 15) is 9.50 Å². The zero-order chi connectivity index (χ0) is 19.7. The summed E-state index contributed by atoms with van der Waals surface area (Å²) < 4.78 is 17.1. The fourth-order valence-electron chi connectivity index (χ4n) is 2.94. The highest BCUT2D eigenvalue weighted by Crippen LogP contribution is 2.32. The summed E-state index contributed by atoms with van der Waals surface area (Å²) in [7, 11) is 0. The van der Waals surface area contributed by atoms with Crippen LogP contribution >= 0.6 is 23.5 Å². The van der Waals surface area contributed by atoms with E-state index in [0.29, 0.717) is 40.8 Å². The molecule has 1 aliphatic heterocycles. The molecule has 144 valence electrons. The second-order valence-corrected chi connectivity index (χ2v) is 7.77. The number of rotatable bonds is 5. The van der Waals surface area contributed by atoms with Crippen molar-refractivity contribution in [1.82, 2.24) is 9.97 Å². The number of nitrogens with one attached hydrogen (secondary N) is 1. The molecule has 28 heavy (non-hydrogen) atoms. The zero-order valence-corrected chi connectivity index (χ0v) is 16.6. The molecule has 8 heteroatoms. The van der Waals surface area contributed by atoms with Gasteiger partial charge in [-0.25, -0.2) is 14.4 Å². The third-order valence-corrected chi connectivity index (χ3v) is 5.58. The lowest BCUT2D eigenvalue weighted by molar-refractivity contribution is 0.141. The Bertz CT molecular complexity index is 1010. The molecule has 1 aliphatic rings. The van der Waals surface area contributed by atoms with E-state index in [4.69, 9.17) is 11.6 Å². The summed E-state index contributed by atoms with van der Waals surface area (Å²) in [6, 6.07) is 14.1. The molecule has 0 unspecified atom stereocenters. The Kier molecular flexibility index (Phi) is 5.39. The van der Waals surface area contributed by atoms with Crippen LogP contribution in [0.1, 0.15) is 5.56 Å². The maximum Gasteiger partial charge on any atom is 0.136 e. The minimum atomic E-state index is -0.291. The van der Waals surface area contributed by atoms with Gasteiger partial charge in [-0.3, -0.25) is 0 Å². The molecule has 2 aromatic heterocycles. The van der Waals surface area contributed by atoms with Crippen molar-refractivity contribution in [2.24, 2.45) is 0 Å². The van der Waals surface area contributed by atoms with E-state index in [1.165, 1.54) is 18.0 Å². The van der Waals surface area contributed by atoms with E-state index in [0.717, 1.165) is 10.8 Å². The normalized spacial score (nSPS) is 14.1. The lowest BCUT2D eigenvalue weighted by Crippen LogP contribution is -2.51. The van der Waals surface area contributed by atoms with Gasteiger partial charge in [0.25, 0.3) is 0 Å². The molecule has 5 nitrogen and oxygen atoms in total. The van der Waals surface area contributed by atoms with Crippen LogP contribution in [-0.4, -0.2) is 34.3 Å². The van der Waals surface area contributed by atoms with Crippen LogP contribution in [0.15, 0.2) is 53.6 Å². The quantitative estimate of drug-likeness (QED) is 0.595. The average molecular weight is 417 g/mol. The zero-order valence-electron chi connectivity index (χ0n) is 15.1. The summed E-state index contributed by atoms with van der Waals surface area (Å²) in [4.78, 5) is 11.1. The van der Waals surface area contributed by atoms with Crippen molar-refractivity contribution >= 4 is 35.2 Å². The van der Waals surface area contributed by atoms with Gasteiger partial charge in [-0.05, 0) is 42.8 Å². The number of β-amino-alcohol motifs (C(OH)–C–C–N with tert-alkyl or cyclic N) is 1. The summed E-state index contributed by atoms with van der Waals surface area (Å²) >= 11 is 7.63. The average Bonchev–Trinajstić information content (AvgIpc) is 2.67. The lowest BCUT2D eigenvalue weighted by Gasteiger charge is -2.36. The Morgan fingerprint density at radius 3 is 2.71 bits per heavy atom. The highest BCUT2D eigenvalue weighted by atomic mass is 35.5. The molecule has 0 aliphatic carbocycles. The predicted molar refractivity (Wildman–Crippen MR) is 111 cm³/mol. The van der Waals surface area contributed by atoms with E-state index in [1.807, 2.05) is 23.1 Å². The molecule has 4 rings (SSSR count). The Morgan fingerprint density at radius 1 is 1.14 bits per heavy atom. The molecule has 0 spiro atoms. The van der Waals surface area contributed by atoms with Crippen LogP contribution in [0.2, 0.25) is 5.02 Å². The number of halogens is 2. The predicted octanol–water partition coefficient (Wildman–Crippen LogP) is 4.54. The number of anilines is 2. The van der Waals surface area contributed by atoms with Crippen molar-refractivity contribution in [1.29, 1.82) is 0 Å². The molecule has 0 saturated carbocycles. The highest BCUT2D eigenvalue weighted by molar-refractivity contribution is 8.00. The van der Waals surface area contributed by atoms with Crippen molar-refractivity contribution in [3.05, 3.63) is 64.9 Å². The van der Waals surface area contributed by atoms with E-state index in [1.54, 1.807) is 31.2 Å². The fraction of sp³-hybridized carbons (Fsp3) is 0.200. The number of pyridine rings is 2. The van der Waals surface area contributed by atoms with Gasteiger partial charge in [0.1, 0.15) is 22.5 Å². The van der Waals surface area contributed by atoms with Crippen LogP contribution in [0.4, 0.5) is 16.0 Å². The third kappa shape index (κ3) is 3.92.